The number of hydrogen-bond acceptors (Lipinski definition) is 3. The van der Waals surface area contributed by atoms with Crippen LogP contribution in [0.15, 0.2) is 54.6 Å². The minimum absolute atomic E-state index is 0.0219. The average molecular weight is 464 g/mol. The normalized spacial score (nSPS) is 23.5. The van der Waals surface area contributed by atoms with Gasteiger partial charge in [-0.2, -0.15) is 5.10 Å². The molecule has 0 spiro atoms. The van der Waals surface area contributed by atoms with Gasteiger partial charge >= 0.3 is 0 Å². The zero-order valence-corrected chi connectivity index (χ0v) is 20.4. The summed E-state index contributed by atoms with van der Waals surface area (Å²) in [7, 11) is 1.64. The summed E-state index contributed by atoms with van der Waals surface area (Å²) >= 11 is 6.54. The standard InChI is InChI=1S/C27H30ClN3O2/c1-26(2)14-19-15-27(3,16-26)17-30(19)25(32)24-13-22(18-9-11-20(33-4)12-10-18)29-31(24)23-8-6-5-7-21(23)28/h5-13,19H,14-17H2,1-4H3. The van der Waals surface area contributed by atoms with Gasteiger partial charge in [-0.1, -0.05) is 44.5 Å². The van der Waals surface area contributed by atoms with Gasteiger partial charge in [0.05, 0.1) is 23.5 Å². The maximum atomic E-state index is 14.0. The number of aromatic nitrogens is 2. The molecule has 0 radical (unpaired) electrons. The molecule has 172 valence electrons. The number of rotatable bonds is 4. The van der Waals surface area contributed by atoms with Crippen molar-refractivity contribution >= 4 is 17.5 Å². The van der Waals surface area contributed by atoms with E-state index in [9.17, 15) is 4.79 Å². The first kappa shape index (κ1) is 22.0. The molecule has 0 N–H and O–H groups in total. The first-order valence-corrected chi connectivity index (χ1v) is 11.9. The van der Waals surface area contributed by atoms with Crippen molar-refractivity contribution in [1.29, 1.82) is 0 Å². The summed E-state index contributed by atoms with van der Waals surface area (Å²) in [6.07, 6.45) is 3.23. The lowest BCUT2D eigenvalue weighted by Crippen LogP contribution is -2.38. The Hall–Kier alpha value is -2.79. The molecule has 1 aromatic heterocycles. The van der Waals surface area contributed by atoms with Crippen molar-refractivity contribution in [2.45, 2.75) is 46.1 Å². The summed E-state index contributed by atoms with van der Waals surface area (Å²) in [5.41, 5.74) is 3.30. The SMILES string of the molecule is COc1ccc(-c2cc(C(=O)N3CC4(C)CC3CC(C)(C)C4)n(-c3ccccc3Cl)n2)cc1. The summed E-state index contributed by atoms with van der Waals surface area (Å²) in [6.45, 7) is 7.75. The minimum Gasteiger partial charge on any atom is -0.497 e. The molecule has 2 aromatic carbocycles. The van der Waals surface area contributed by atoms with Crippen LogP contribution in [-0.4, -0.2) is 40.3 Å². The number of carbonyl (C=O) groups is 1. The second-order valence-corrected chi connectivity index (χ2v) is 11.1. The summed E-state index contributed by atoms with van der Waals surface area (Å²) in [4.78, 5) is 16.1. The highest BCUT2D eigenvalue weighted by Crippen LogP contribution is 2.52. The van der Waals surface area contributed by atoms with Crippen molar-refractivity contribution in [3.8, 4) is 22.7 Å². The van der Waals surface area contributed by atoms with Crippen molar-refractivity contribution < 1.29 is 9.53 Å². The Morgan fingerprint density at radius 3 is 2.52 bits per heavy atom. The smallest absolute Gasteiger partial charge is 0.272 e. The van der Waals surface area contributed by atoms with Crippen LogP contribution >= 0.6 is 11.6 Å². The number of amides is 1. The van der Waals surface area contributed by atoms with Crippen molar-refractivity contribution in [1.82, 2.24) is 14.7 Å². The van der Waals surface area contributed by atoms with Crippen LogP contribution in [0.5, 0.6) is 5.75 Å². The molecule has 1 amide bonds. The van der Waals surface area contributed by atoms with Gasteiger partial charge in [0.25, 0.3) is 5.91 Å². The van der Waals surface area contributed by atoms with Crippen LogP contribution < -0.4 is 4.74 Å². The molecule has 33 heavy (non-hydrogen) atoms. The fraction of sp³-hybridized carbons (Fsp3) is 0.407. The summed E-state index contributed by atoms with van der Waals surface area (Å²) < 4.78 is 7.00. The van der Waals surface area contributed by atoms with Crippen LogP contribution in [0.2, 0.25) is 5.02 Å². The molecule has 2 aliphatic rings. The highest BCUT2D eigenvalue weighted by molar-refractivity contribution is 6.32. The van der Waals surface area contributed by atoms with Gasteiger partial charge in [0.15, 0.2) is 0 Å². The summed E-state index contributed by atoms with van der Waals surface area (Å²) in [6, 6.07) is 17.4. The maximum absolute atomic E-state index is 14.0. The van der Waals surface area contributed by atoms with Gasteiger partial charge in [0.1, 0.15) is 11.4 Å². The molecular weight excluding hydrogens is 434 g/mol. The van der Waals surface area contributed by atoms with Crippen LogP contribution in [0.25, 0.3) is 16.9 Å². The number of ether oxygens (including phenoxy) is 1. The van der Waals surface area contributed by atoms with Crippen LogP contribution in [0.4, 0.5) is 0 Å². The number of benzene rings is 2. The van der Waals surface area contributed by atoms with Gasteiger partial charge in [-0.05, 0) is 72.6 Å². The Balaban J connectivity index is 1.58. The summed E-state index contributed by atoms with van der Waals surface area (Å²) in [5.74, 6) is 0.800. The molecule has 2 bridgehead atoms. The predicted molar refractivity (Wildman–Crippen MR) is 131 cm³/mol. The van der Waals surface area contributed by atoms with E-state index in [1.165, 1.54) is 0 Å². The second kappa shape index (κ2) is 7.91. The molecule has 2 fully saturated rings. The molecule has 2 atom stereocenters. The molecule has 1 aliphatic heterocycles. The van der Waals surface area contributed by atoms with E-state index >= 15 is 0 Å². The van der Waals surface area contributed by atoms with Crippen LogP contribution in [0.3, 0.4) is 0 Å². The third kappa shape index (κ3) is 4.04. The molecule has 3 aromatic rings. The number of methoxy groups -OCH3 is 1. The van der Waals surface area contributed by atoms with Gasteiger partial charge in [-0.15, -0.1) is 0 Å². The van der Waals surface area contributed by atoms with Crippen molar-refractivity contribution in [3.63, 3.8) is 0 Å². The molecule has 2 heterocycles. The van der Waals surface area contributed by atoms with Gasteiger partial charge in [-0.25, -0.2) is 4.68 Å². The van der Waals surface area contributed by atoms with Crippen LogP contribution in [0, 0.1) is 10.8 Å². The molecule has 2 unspecified atom stereocenters. The number of para-hydroxylation sites is 1. The Morgan fingerprint density at radius 1 is 1.09 bits per heavy atom. The van der Waals surface area contributed by atoms with E-state index in [1.54, 1.807) is 11.8 Å². The van der Waals surface area contributed by atoms with Gasteiger partial charge < -0.3 is 9.64 Å². The Morgan fingerprint density at radius 2 is 1.82 bits per heavy atom. The Kier molecular flexibility index (Phi) is 5.28. The van der Waals surface area contributed by atoms with E-state index in [1.807, 2.05) is 54.6 Å². The molecule has 1 saturated carbocycles. The topological polar surface area (TPSA) is 47.4 Å². The Bertz CT molecular complexity index is 1200. The minimum atomic E-state index is 0.0219. The van der Waals surface area contributed by atoms with Gasteiger partial charge in [0, 0.05) is 18.2 Å². The molecule has 1 aliphatic carbocycles. The predicted octanol–water partition coefficient (Wildman–Crippen LogP) is 6.24. The van der Waals surface area contributed by atoms with E-state index in [0.29, 0.717) is 16.4 Å². The fourth-order valence-corrected chi connectivity index (χ4v) is 6.30. The third-order valence-corrected chi connectivity index (χ3v) is 7.39. The lowest BCUT2D eigenvalue weighted by Gasteiger charge is -2.39. The van der Waals surface area contributed by atoms with E-state index in [2.05, 4.69) is 25.7 Å². The van der Waals surface area contributed by atoms with Crippen LogP contribution in [-0.2, 0) is 0 Å². The highest BCUT2D eigenvalue weighted by Gasteiger charge is 2.51. The second-order valence-electron chi connectivity index (χ2n) is 10.7. The lowest BCUT2D eigenvalue weighted by atomic mass is 9.65. The highest BCUT2D eigenvalue weighted by atomic mass is 35.5. The van der Waals surface area contributed by atoms with E-state index in [4.69, 9.17) is 21.4 Å². The van der Waals surface area contributed by atoms with Crippen molar-refractivity contribution in [2.75, 3.05) is 13.7 Å². The van der Waals surface area contributed by atoms with Crippen molar-refractivity contribution in [2.24, 2.45) is 10.8 Å². The monoisotopic (exact) mass is 463 g/mol. The largest absolute Gasteiger partial charge is 0.497 e. The average Bonchev–Trinajstić information content (AvgIpc) is 3.31. The van der Waals surface area contributed by atoms with E-state index < -0.39 is 0 Å². The van der Waals surface area contributed by atoms with E-state index in [0.717, 1.165) is 42.8 Å². The van der Waals surface area contributed by atoms with Gasteiger partial charge in [0.2, 0.25) is 0 Å². The first-order valence-electron chi connectivity index (χ1n) is 11.5. The van der Waals surface area contributed by atoms with E-state index in [-0.39, 0.29) is 22.8 Å². The molecular formula is C27H30ClN3O2. The number of likely N-dealkylation sites (tertiary alicyclic amines) is 1. The Labute approximate surface area is 200 Å². The molecule has 1 saturated heterocycles. The zero-order valence-electron chi connectivity index (χ0n) is 19.6. The lowest BCUT2D eigenvalue weighted by molar-refractivity contribution is 0.0699. The first-order chi connectivity index (χ1) is 15.7. The summed E-state index contributed by atoms with van der Waals surface area (Å²) in [5, 5.41) is 5.39. The number of hydrogen-bond donors (Lipinski definition) is 0. The fourth-order valence-electron chi connectivity index (χ4n) is 6.09. The molecule has 5 nitrogen and oxygen atoms in total. The number of carbonyl (C=O) groups excluding carboxylic acids is 1. The quantitative estimate of drug-likeness (QED) is 0.460. The maximum Gasteiger partial charge on any atom is 0.272 e. The number of fused-ring (bicyclic) bond motifs is 2. The molecule has 6 heteroatoms. The number of halogens is 1. The number of nitrogens with zero attached hydrogens (tertiary/aromatic N) is 3. The third-order valence-electron chi connectivity index (χ3n) is 7.07. The molecule has 5 rings (SSSR count). The van der Waals surface area contributed by atoms with Crippen LogP contribution in [0.1, 0.15) is 50.5 Å². The van der Waals surface area contributed by atoms with Gasteiger partial charge in [-0.3, -0.25) is 4.79 Å². The van der Waals surface area contributed by atoms with Crippen molar-refractivity contribution in [3.05, 3.63) is 65.3 Å². The zero-order chi connectivity index (χ0) is 23.4.